The summed E-state index contributed by atoms with van der Waals surface area (Å²) in [4.78, 5) is 0. The molecule has 0 unspecified atom stereocenters. The van der Waals surface area contributed by atoms with Gasteiger partial charge in [0.15, 0.2) is 0 Å². The van der Waals surface area contributed by atoms with Crippen molar-refractivity contribution in [2.75, 3.05) is 6.54 Å². The largest absolute Gasteiger partial charge is 0.459 e. The number of rotatable bonds is 2. The lowest BCUT2D eigenvalue weighted by Crippen LogP contribution is -2.26. The van der Waals surface area contributed by atoms with Crippen LogP contribution in [-0.4, -0.2) is 6.54 Å². The molecule has 1 aromatic carbocycles. The van der Waals surface area contributed by atoms with Gasteiger partial charge in [0.2, 0.25) is 0 Å². The summed E-state index contributed by atoms with van der Waals surface area (Å²) < 4.78 is 5.94. The first-order valence-electron chi connectivity index (χ1n) is 6.52. The van der Waals surface area contributed by atoms with Gasteiger partial charge in [-0.25, -0.2) is 0 Å². The van der Waals surface area contributed by atoms with Crippen molar-refractivity contribution in [1.82, 2.24) is 5.32 Å². The predicted octanol–water partition coefficient (Wildman–Crippen LogP) is 5.07. The number of piperidine rings is 1. The number of furan rings is 1. The maximum atomic E-state index is 6.19. The fraction of sp³-hybridized carbons (Fsp3) is 0.333. The second-order valence-electron chi connectivity index (χ2n) is 4.83. The van der Waals surface area contributed by atoms with Crippen LogP contribution in [0.3, 0.4) is 0 Å². The minimum Gasteiger partial charge on any atom is -0.459 e. The van der Waals surface area contributed by atoms with E-state index >= 15 is 0 Å². The van der Waals surface area contributed by atoms with Crippen LogP contribution in [0.25, 0.3) is 11.3 Å². The summed E-state index contributed by atoms with van der Waals surface area (Å²) >= 11 is 12.2. The van der Waals surface area contributed by atoms with Crippen molar-refractivity contribution in [3.63, 3.8) is 0 Å². The highest BCUT2D eigenvalue weighted by atomic mass is 35.5. The van der Waals surface area contributed by atoms with Gasteiger partial charge in [0.05, 0.1) is 11.1 Å². The highest BCUT2D eigenvalue weighted by Crippen LogP contribution is 2.34. The topological polar surface area (TPSA) is 25.2 Å². The number of hydrogen-bond donors (Lipinski definition) is 1. The summed E-state index contributed by atoms with van der Waals surface area (Å²) in [6.45, 7) is 1.05. The summed E-state index contributed by atoms with van der Waals surface area (Å²) in [7, 11) is 0. The number of nitrogens with one attached hydrogen (secondary N) is 1. The Labute approximate surface area is 122 Å². The number of hydrogen-bond acceptors (Lipinski definition) is 2. The smallest absolute Gasteiger partial charge is 0.135 e. The van der Waals surface area contributed by atoms with E-state index in [0.29, 0.717) is 16.1 Å². The molecular formula is C15H15Cl2NO. The van der Waals surface area contributed by atoms with E-state index < -0.39 is 0 Å². The number of benzene rings is 1. The lowest BCUT2D eigenvalue weighted by Gasteiger charge is -2.21. The van der Waals surface area contributed by atoms with Gasteiger partial charge in [-0.3, -0.25) is 0 Å². The Hall–Kier alpha value is -0.960. The Balaban J connectivity index is 1.89. The molecule has 1 saturated heterocycles. The minimum atomic E-state index is 0.320. The molecule has 2 nitrogen and oxygen atoms in total. The van der Waals surface area contributed by atoms with Crippen LogP contribution >= 0.6 is 23.2 Å². The van der Waals surface area contributed by atoms with E-state index in [2.05, 4.69) is 5.32 Å². The third kappa shape index (κ3) is 2.81. The summed E-state index contributed by atoms with van der Waals surface area (Å²) in [5, 5.41) is 4.79. The van der Waals surface area contributed by atoms with E-state index in [0.717, 1.165) is 30.0 Å². The first-order valence-corrected chi connectivity index (χ1v) is 7.28. The van der Waals surface area contributed by atoms with Crippen molar-refractivity contribution >= 4 is 23.2 Å². The normalized spacial score (nSPS) is 19.6. The predicted molar refractivity (Wildman–Crippen MR) is 78.8 cm³/mol. The van der Waals surface area contributed by atoms with Gasteiger partial charge in [0.25, 0.3) is 0 Å². The van der Waals surface area contributed by atoms with Crippen LogP contribution < -0.4 is 5.32 Å². The molecule has 0 amide bonds. The van der Waals surface area contributed by atoms with Crippen molar-refractivity contribution in [1.29, 1.82) is 0 Å². The van der Waals surface area contributed by atoms with E-state index in [1.807, 2.05) is 18.2 Å². The molecule has 1 aromatic heterocycles. The van der Waals surface area contributed by atoms with Crippen LogP contribution in [-0.2, 0) is 0 Å². The Kier molecular flexibility index (Phi) is 3.83. The lowest BCUT2D eigenvalue weighted by molar-refractivity contribution is 0.353. The van der Waals surface area contributed by atoms with E-state index in [4.69, 9.17) is 27.6 Å². The fourth-order valence-corrected chi connectivity index (χ4v) is 2.85. The molecule has 4 heteroatoms. The maximum Gasteiger partial charge on any atom is 0.135 e. The van der Waals surface area contributed by atoms with E-state index in [9.17, 15) is 0 Å². The van der Waals surface area contributed by atoms with Gasteiger partial charge in [-0.05, 0) is 49.7 Å². The van der Waals surface area contributed by atoms with Gasteiger partial charge < -0.3 is 9.73 Å². The molecule has 1 N–H and O–H groups in total. The van der Waals surface area contributed by atoms with Gasteiger partial charge in [-0.2, -0.15) is 0 Å². The Morgan fingerprint density at radius 3 is 2.79 bits per heavy atom. The third-order valence-corrected chi connectivity index (χ3v) is 4.04. The van der Waals surface area contributed by atoms with Crippen LogP contribution in [0, 0.1) is 0 Å². The molecule has 2 heterocycles. The molecular weight excluding hydrogens is 281 g/mol. The highest BCUT2D eigenvalue weighted by Gasteiger charge is 2.19. The molecule has 1 atom stereocenters. The molecule has 3 rings (SSSR count). The van der Waals surface area contributed by atoms with Crippen molar-refractivity contribution < 1.29 is 4.42 Å². The molecule has 1 aliphatic rings. The fourth-order valence-electron chi connectivity index (χ4n) is 2.47. The molecule has 0 radical (unpaired) electrons. The van der Waals surface area contributed by atoms with Crippen molar-refractivity contribution in [2.45, 2.75) is 25.3 Å². The first-order chi connectivity index (χ1) is 9.24. The van der Waals surface area contributed by atoms with Gasteiger partial charge in [0, 0.05) is 10.6 Å². The zero-order valence-corrected chi connectivity index (χ0v) is 12.0. The molecule has 0 saturated carbocycles. The summed E-state index contributed by atoms with van der Waals surface area (Å²) in [6.07, 6.45) is 3.60. The van der Waals surface area contributed by atoms with Crippen LogP contribution in [0.2, 0.25) is 10.0 Å². The summed E-state index contributed by atoms with van der Waals surface area (Å²) in [5.41, 5.74) is 0.844. The molecule has 1 aliphatic heterocycles. The van der Waals surface area contributed by atoms with Crippen LogP contribution in [0.4, 0.5) is 0 Å². The lowest BCUT2D eigenvalue weighted by atomic mass is 10.0. The molecule has 19 heavy (non-hydrogen) atoms. The molecule has 0 aliphatic carbocycles. The van der Waals surface area contributed by atoms with E-state index in [1.165, 1.54) is 12.8 Å². The van der Waals surface area contributed by atoms with Crippen LogP contribution in [0.1, 0.15) is 31.1 Å². The molecule has 1 fully saturated rings. The Bertz CT molecular complexity index is 573. The van der Waals surface area contributed by atoms with E-state index in [1.54, 1.807) is 12.1 Å². The zero-order valence-electron chi connectivity index (χ0n) is 10.5. The highest BCUT2D eigenvalue weighted by molar-refractivity contribution is 6.35. The van der Waals surface area contributed by atoms with Gasteiger partial charge >= 0.3 is 0 Å². The molecule has 0 bridgehead atoms. The average Bonchev–Trinajstić information content (AvgIpc) is 2.92. The van der Waals surface area contributed by atoms with Crippen LogP contribution in [0.5, 0.6) is 0 Å². The first kappa shape index (κ1) is 13.0. The Morgan fingerprint density at radius 2 is 2.00 bits per heavy atom. The Morgan fingerprint density at radius 1 is 1.11 bits per heavy atom. The van der Waals surface area contributed by atoms with Crippen molar-refractivity contribution in [3.8, 4) is 11.3 Å². The summed E-state index contributed by atoms with van der Waals surface area (Å²) in [6, 6.07) is 9.71. The monoisotopic (exact) mass is 295 g/mol. The van der Waals surface area contributed by atoms with Gasteiger partial charge in [-0.15, -0.1) is 0 Å². The standard InChI is InChI=1S/C15H15Cl2NO/c16-10-4-5-12(17)11(9-10)14-6-7-15(19-14)13-3-1-2-8-18-13/h4-7,9,13,18H,1-3,8H2/t13-/m0/s1. The van der Waals surface area contributed by atoms with Crippen molar-refractivity contribution in [3.05, 3.63) is 46.1 Å². The summed E-state index contributed by atoms with van der Waals surface area (Å²) in [5.74, 6) is 1.75. The minimum absolute atomic E-state index is 0.320. The third-order valence-electron chi connectivity index (χ3n) is 3.47. The van der Waals surface area contributed by atoms with Crippen molar-refractivity contribution in [2.24, 2.45) is 0 Å². The SMILES string of the molecule is Clc1ccc(Cl)c(-c2ccc([C@@H]3CCCCN3)o2)c1. The maximum absolute atomic E-state index is 6.19. The van der Waals surface area contributed by atoms with Crippen LogP contribution in [0.15, 0.2) is 34.7 Å². The van der Waals surface area contributed by atoms with Gasteiger partial charge in [-0.1, -0.05) is 29.6 Å². The number of halogens is 2. The second-order valence-corrected chi connectivity index (χ2v) is 5.67. The van der Waals surface area contributed by atoms with Gasteiger partial charge in [0.1, 0.15) is 11.5 Å². The quantitative estimate of drug-likeness (QED) is 0.837. The molecule has 2 aromatic rings. The zero-order chi connectivity index (χ0) is 13.2. The molecule has 0 spiro atoms. The molecule has 100 valence electrons. The second kappa shape index (κ2) is 5.58. The van der Waals surface area contributed by atoms with E-state index in [-0.39, 0.29) is 0 Å². The average molecular weight is 296 g/mol.